The van der Waals surface area contributed by atoms with E-state index in [0.717, 1.165) is 0 Å². The predicted molar refractivity (Wildman–Crippen MR) is 52.2 cm³/mol. The first-order valence-corrected chi connectivity index (χ1v) is 5.35. The van der Waals surface area contributed by atoms with Gasteiger partial charge in [0.15, 0.2) is 6.10 Å². The maximum atomic E-state index is 10.5. The molecule has 0 saturated carbocycles. The molecule has 106 valence electrons. The molecule has 0 saturated heterocycles. The average molecular weight is 368 g/mol. The van der Waals surface area contributed by atoms with E-state index in [-0.39, 0.29) is 124 Å². The van der Waals surface area contributed by atoms with Crippen LogP contribution in [0.1, 0.15) is 12.1 Å². The third-order valence-corrected chi connectivity index (χ3v) is 2.25. The molecule has 0 bridgehead atoms. The minimum absolute atomic E-state index is 0. The zero-order valence-corrected chi connectivity index (χ0v) is 20.8. The fourth-order valence-corrected chi connectivity index (χ4v) is 1.29. The Morgan fingerprint density at radius 1 is 0.952 bits per heavy atom. The summed E-state index contributed by atoms with van der Waals surface area (Å²) in [4.78, 5) is 31.1. The van der Waals surface area contributed by atoms with Crippen LogP contribution in [-0.2, 0) is 29.2 Å². The maximum Gasteiger partial charge on any atom is 1.00 e. The second-order valence-corrected chi connectivity index (χ2v) is 4.20. The standard InChI is InChI=1S/C6H8O10S.4Na.4H/c7-3(8)1-2(4(9)10)16-6(5(11)12)17(13,14)15;;;;;;;;/h2,6H,1H2,(H,7,8)(H,9,10)(H,11,12)(H,13,14,15);;;;;;;;/q;4*+1;4*-1. The maximum absolute atomic E-state index is 10.5. The Balaban J connectivity index is -0.0000000457. The van der Waals surface area contributed by atoms with Crippen LogP contribution >= 0.6 is 0 Å². The Hall–Kier alpha value is 2.28. The van der Waals surface area contributed by atoms with E-state index in [9.17, 15) is 22.8 Å². The minimum atomic E-state index is -5.21. The number of hydrogen-bond acceptors (Lipinski definition) is 6. The first-order chi connectivity index (χ1) is 7.55. The molecule has 2 atom stereocenters. The number of carbonyl (C=O) groups is 3. The molecule has 0 rings (SSSR count). The van der Waals surface area contributed by atoms with Gasteiger partial charge in [0.05, 0.1) is 6.42 Å². The monoisotopic (exact) mass is 368 g/mol. The molecule has 0 radical (unpaired) electrons. The van der Waals surface area contributed by atoms with Gasteiger partial charge in [-0.2, -0.15) is 8.42 Å². The van der Waals surface area contributed by atoms with Gasteiger partial charge in [-0.25, -0.2) is 9.59 Å². The number of rotatable bonds is 7. The van der Waals surface area contributed by atoms with E-state index in [1.165, 1.54) is 0 Å². The molecule has 15 heteroatoms. The Morgan fingerprint density at radius 2 is 1.33 bits per heavy atom. The van der Waals surface area contributed by atoms with Gasteiger partial charge in [0.25, 0.3) is 5.44 Å². The van der Waals surface area contributed by atoms with E-state index >= 15 is 0 Å². The van der Waals surface area contributed by atoms with Crippen LogP contribution in [-0.4, -0.2) is 57.7 Å². The van der Waals surface area contributed by atoms with Crippen LogP contribution in [0.3, 0.4) is 0 Å². The molecule has 0 amide bonds. The van der Waals surface area contributed by atoms with Crippen LogP contribution in [0.2, 0.25) is 0 Å². The van der Waals surface area contributed by atoms with Gasteiger partial charge in [0.2, 0.25) is 0 Å². The van der Waals surface area contributed by atoms with Crippen molar-refractivity contribution < 1.29 is 171 Å². The van der Waals surface area contributed by atoms with Gasteiger partial charge in [0, 0.05) is 0 Å². The largest absolute Gasteiger partial charge is 1.00 e. The van der Waals surface area contributed by atoms with Gasteiger partial charge in [0.1, 0.15) is 0 Å². The molecule has 0 heterocycles. The predicted octanol–water partition coefficient (Wildman–Crippen LogP) is -13.3. The molecule has 0 aliphatic rings. The molecule has 0 fully saturated rings. The average Bonchev–Trinajstić information content (AvgIpc) is 2.07. The van der Waals surface area contributed by atoms with E-state index in [1.54, 1.807) is 0 Å². The Labute approximate surface area is 214 Å². The number of aliphatic carboxylic acids is 3. The van der Waals surface area contributed by atoms with E-state index in [2.05, 4.69) is 4.74 Å². The van der Waals surface area contributed by atoms with E-state index in [4.69, 9.17) is 19.9 Å². The summed E-state index contributed by atoms with van der Waals surface area (Å²) >= 11 is 0. The molecule has 0 aromatic heterocycles. The van der Waals surface area contributed by atoms with Crippen molar-refractivity contribution >= 4 is 28.0 Å². The third-order valence-electron chi connectivity index (χ3n) is 1.40. The van der Waals surface area contributed by atoms with Crippen molar-refractivity contribution in [2.45, 2.75) is 18.0 Å². The molecule has 0 spiro atoms. The Kier molecular flexibility index (Phi) is 26.0. The summed E-state index contributed by atoms with van der Waals surface area (Å²) in [5.41, 5.74) is -2.86. The molecule has 10 nitrogen and oxygen atoms in total. The summed E-state index contributed by atoms with van der Waals surface area (Å²) in [5, 5.41) is 25.1. The molecule has 0 aliphatic carbocycles. The van der Waals surface area contributed by atoms with Crippen LogP contribution in [0.15, 0.2) is 0 Å². The number of carboxylic acids is 3. The van der Waals surface area contributed by atoms with E-state index in [0.29, 0.717) is 0 Å². The van der Waals surface area contributed by atoms with Crippen LogP contribution in [0, 0.1) is 0 Å². The van der Waals surface area contributed by atoms with Crippen molar-refractivity contribution in [3.8, 4) is 0 Å². The Morgan fingerprint density at radius 3 is 1.52 bits per heavy atom. The fourth-order valence-electron chi connectivity index (χ4n) is 0.757. The summed E-state index contributed by atoms with van der Waals surface area (Å²) in [5.74, 6) is -5.68. The van der Waals surface area contributed by atoms with Crippen LogP contribution < -0.4 is 118 Å². The molecule has 0 aliphatic heterocycles. The van der Waals surface area contributed by atoms with Gasteiger partial charge in [-0.05, 0) is 0 Å². The zero-order chi connectivity index (χ0) is 13.8. The SMILES string of the molecule is O=C(O)CC(OC(C(=O)O)S(=O)(=O)O)C(=O)O.[H-].[H-].[H-].[H-].[Na+].[Na+].[Na+].[Na+]. The van der Waals surface area contributed by atoms with Crippen molar-refractivity contribution in [3.05, 3.63) is 0 Å². The smallest absolute Gasteiger partial charge is 1.00 e. The van der Waals surface area contributed by atoms with E-state index in [1.807, 2.05) is 0 Å². The summed E-state index contributed by atoms with van der Waals surface area (Å²) in [6.45, 7) is 0. The first-order valence-electron chi connectivity index (χ1n) is 3.85. The summed E-state index contributed by atoms with van der Waals surface area (Å²) in [6.07, 6.45) is -3.37. The number of ether oxygens (including phenoxy) is 1. The molecule has 2 unspecified atom stereocenters. The number of hydrogen-bond donors (Lipinski definition) is 4. The van der Waals surface area contributed by atoms with Gasteiger partial charge in [-0.15, -0.1) is 0 Å². The second kappa shape index (κ2) is 15.8. The van der Waals surface area contributed by atoms with Crippen molar-refractivity contribution in [3.63, 3.8) is 0 Å². The summed E-state index contributed by atoms with van der Waals surface area (Å²) < 4.78 is 33.5. The van der Waals surface area contributed by atoms with Gasteiger partial charge in [-0.1, -0.05) is 0 Å². The van der Waals surface area contributed by atoms with Crippen molar-refractivity contribution in [1.82, 2.24) is 0 Å². The van der Waals surface area contributed by atoms with Gasteiger partial charge in [-0.3, -0.25) is 9.35 Å². The topological polar surface area (TPSA) is 175 Å². The van der Waals surface area contributed by atoms with Crippen molar-refractivity contribution in [1.29, 1.82) is 0 Å². The van der Waals surface area contributed by atoms with Crippen molar-refractivity contribution in [2.75, 3.05) is 0 Å². The molecule has 4 N–H and O–H groups in total. The number of carboxylic acid groups (broad SMARTS) is 3. The molecular formula is C6H12Na4O10S. The normalized spacial score (nSPS) is 12.0. The van der Waals surface area contributed by atoms with Crippen LogP contribution in [0.4, 0.5) is 0 Å². The quantitative estimate of drug-likeness (QED) is 0.249. The molecular weight excluding hydrogens is 356 g/mol. The second-order valence-electron chi connectivity index (χ2n) is 2.75. The summed E-state index contributed by atoms with van der Waals surface area (Å²) in [6, 6.07) is 0. The Bertz CT molecular complexity index is 453. The molecule has 0 aromatic rings. The summed E-state index contributed by atoms with van der Waals surface area (Å²) in [7, 11) is -5.21. The van der Waals surface area contributed by atoms with Crippen LogP contribution in [0.5, 0.6) is 0 Å². The molecule has 0 aromatic carbocycles. The fraction of sp³-hybridized carbons (Fsp3) is 0.500. The first kappa shape index (κ1) is 34.6. The minimum Gasteiger partial charge on any atom is -1.00 e. The zero-order valence-electron chi connectivity index (χ0n) is 16.0. The third kappa shape index (κ3) is 15.5. The van der Waals surface area contributed by atoms with Gasteiger partial charge < -0.3 is 25.8 Å². The van der Waals surface area contributed by atoms with E-state index < -0.39 is 46.0 Å². The van der Waals surface area contributed by atoms with Crippen LogP contribution in [0.25, 0.3) is 0 Å². The van der Waals surface area contributed by atoms with Crippen molar-refractivity contribution in [2.24, 2.45) is 0 Å². The molecule has 21 heavy (non-hydrogen) atoms. The van der Waals surface area contributed by atoms with Gasteiger partial charge >= 0.3 is 146 Å².